The van der Waals surface area contributed by atoms with Gasteiger partial charge in [-0.25, -0.2) is 0 Å². The third kappa shape index (κ3) is 15.1. The molecule has 2 aliphatic rings. The van der Waals surface area contributed by atoms with Gasteiger partial charge in [-0.3, -0.25) is 0 Å². The quantitative estimate of drug-likeness (QED) is 0.285. The minimum Gasteiger partial charge on any atom is -0.390 e. The number of aryl methyl sites for hydroxylation is 2. The monoisotopic (exact) mass is 568 g/mol. The zero-order valence-electron chi connectivity index (χ0n) is 27.8. The lowest BCUT2D eigenvalue weighted by Gasteiger charge is -2.29. The molecule has 0 bridgehead atoms. The Morgan fingerprint density at radius 2 is 1.71 bits per heavy atom. The van der Waals surface area contributed by atoms with Crippen molar-refractivity contribution in [2.75, 3.05) is 18.4 Å². The number of benzene rings is 2. The van der Waals surface area contributed by atoms with Crippen molar-refractivity contribution in [3.63, 3.8) is 0 Å². The molecule has 234 valence electrons. The second-order valence-electron chi connectivity index (χ2n) is 10.9. The summed E-state index contributed by atoms with van der Waals surface area (Å²) in [6, 6.07) is 15.6. The van der Waals surface area contributed by atoms with E-state index in [-0.39, 0.29) is 2.85 Å². The lowest BCUT2D eigenvalue weighted by Crippen LogP contribution is -2.26. The van der Waals surface area contributed by atoms with Crippen molar-refractivity contribution in [2.24, 2.45) is 0 Å². The van der Waals surface area contributed by atoms with Gasteiger partial charge in [-0.2, -0.15) is 0 Å². The highest BCUT2D eigenvalue weighted by Gasteiger charge is 2.18. The Labute approximate surface area is 255 Å². The minimum absolute atomic E-state index is 0. The molecule has 1 heterocycles. The first-order valence-corrected chi connectivity index (χ1v) is 15.8. The number of carbonyl (C=O) groups excluding carboxylic acids is 1. The van der Waals surface area contributed by atoms with E-state index in [1.54, 1.807) is 19.4 Å². The van der Waals surface area contributed by atoms with Crippen molar-refractivity contribution >= 4 is 12.0 Å². The molecule has 0 radical (unpaired) electrons. The summed E-state index contributed by atoms with van der Waals surface area (Å²) in [6.45, 7) is 24.3. The van der Waals surface area contributed by atoms with E-state index in [1.165, 1.54) is 60.7 Å². The molecule has 4 nitrogen and oxygen atoms in total. The van der Waals surface area contributed by atoms with E-state index in [2.05, 4.69) is 85.8 Å². The standard InChI is InChI=1S/C16H22N2.C12H16.C5H12O.C2H4O.C2H6.2H2/c1-4-13-7-8-16-14(11-13)12-18(6-3)15(5-2)9-10-17-16;1-10-6-2-5-9-12(10)11-7-3-4-8-11;1-4-5(2,3)6;1-2-3;1-2;;/h7-8,11,17H,2,4,6,9-10,12H2,1,3H3;2,5-6,9,11H,3-4,7-8H2,1H3;6H,4H2,1-3H3;2H,1H3;1-2H3;2*1H. The first-order valence-electron chi connectivity index (χ1n) is 15.8. The van der Waals surface area contributed by atoms with Crippen LogP contribution in [0, 0.1) is 6.92 Å². The molecule has 41 heavy (non-hydrogen) atoms. The predicted molar refractivity (Wildman–Crippen MR) is 184 cm³/mol. The molecule has 0 amide bonds. The molecule has 0 atom stereocenters. The van der Waals surface area contributed by atoms with Crippen LogP contribution in [-0.2, 0) is 17.8 Å². The average molecular weight is 569 g/mol. The molecule has 4 heteroatoms. The van der Waals surface area contributed by atoms with Crippen LogP contribution < -0.4 is 5.32 Å². The van der Waals surface area contributed by atoms with E-state index in [1.807, 2.05) is 20.8 Å². The lowest BCUT2D eigenvalue weighted by molar-refractivity contribution is -0.106. The largest absolute Gasteiger partial charge is 0.390 e. The van der Waals surface area contributed by atoms with Crippen molar-refractivity contribution in [2.45, 2.75) is 125 Å². The van der Waals surface area contributed by atoms with Crippen LogP contribution >= 0.6 is 0 Å². The summed E-state index contributed by atoms with van der Waals surface area (Å²) >= 11 is 0. The van der Waals surface area contributed by atoms with Crippen LogP contribution in [0.25, 0.3) is 0 Å². The van der Waals surface area contributed by atoms with Gasteiger partial charge in [0.2, 0.25) is 0 Å². The van der Waals surface area contributed by atoms with Crippen molar-refractivity contribution in [1.82, 2.24) is 4.90 Å². The van der Waals surface area contributed by atoms with Crippen molar-refractivity contribution in [3.05, 3.63) is 82.7 Å². The van der Waals surface area contributed by atoms with E-state index >= 15 is 0 Å². The maximum atomic E-state index is 8.83. The third-order valence-corrected chi connectivity index (χ3v) is 7.43. The Morgan fingerprint density at radius 1 is 1.12 bits per heavy atom. The van der Waals surface area contributed by atoms with E-state index in [0.29, 0.717) is 0 Å². The highest BCUT2D eigenvalue weighted by molar-refractivity contribution is 5.53. The Kier molecular flexibility index (Phi) is 20.4. The molecule has 0 saturated heterocycles. The highest BCUT2D eigenvalue weighted by atomic mass is 16.3. The number of fused-ring (bicyclic) bond motifs is 1. The summed E-state index contributed by atoms with van der Waals surface area (Å²) < 4.78 is 0. The summed E-state index contributed by atoms with van der Waals surface area (Å²) in [5.74, 6) is 0.867. The number of rotatable bonds is 4. The molecule has 1 fully saturated rings. The Morgan fingerprint density at radius 3 is 2.20 bits per heavy atom. The summed E-state index contributed by atoms with van der Waals surface area (Å²) in [7, 11) is 0. The van der Waals surface area contributed by atoms with Crippen molar-refractivity contribution in [3.8, 4) is 0 Å². The number of carbonyl (C=O) groups is 1. The zero-order valence-corrected chi connectivity index (χ0v) is 27.8. The van der Waals surface area contributed by atoms with Crippen LogP contribution in [-0.4, -0.2) is 35.0 Å². The summed E-state index contributed by atoms with van der Waals surface area (Å²) in [5, 5.41) is 12.3. The zero-order chi connectivity index (χ0) is 31.3. The molecule has 0 spiro atoms. The van der Waals surface area contributed by atoms with Gasteiger partial charge < -0.3 is 20.1 Å². The fourth-order valence-corrected chi connectivity index (χ4v) is 4.73. The van der Waals surface area contributed by atoms with Crippen LogP contribution in [0.4, 0.5) is 5.69 Å². The second-order valence-corrected chi connectivity index (χ2v) is 10.9. The number of nitrogens with zero attached hydrogens (tertiary/aromatic N) is 1. The van der Waals surface area contributed by atoms with Crippen LogP contribution in [0.3, 0.4) is 0 Å². The molecular formula is C37H64N2O2. The smallest absolute Gasteiger partial charge is 0.116 e. The number of nitrogens with one attached hydrogen (secondary N) is 1. The average Bonchev–Trinajstić information content (AvgIpc) is 3.50. The van der Waals surface area contributed by atoms with E-state index in [4.69, 9.17) is 9.90 Å². The van der Waals surface area contributed by atoms with Crippen LogP contribution in [0.2, 0.25) is 0 Å². The number of aliphatic hydroxyl groups is 1. The summed E-state index contributed by atoms with van der Waals surface area (Å²) in [4.78, 5) is 11.2. The molecule has 0 aromatic heterocycles. The van der Waals surface area contributed by atoms with E-state index in [0.717, 1.165) is 51.1 Å². The number of aldehydes is 1. The minimum atomic E-state index is -0.458. The number of anilines is 1. The number of hydrogen-bond donors (Lipinski definition) is 2. The fourth-order valence-electron chi connectivity index (χ4n) is 4.73. The lowest BCUT2D eigenvalue weighted by atomic mass is 9.94. The Bertz CT molecular complexity index is 1040. The normalized spacial score (nSPS) is 14.3. The molecule has 2 N–H and O–H groups in total. The predicted octanol–water partition coefficient (Wildman–Crippen LogP) is 10.1. The van der Waals surface area contributed by atoms with E-state index < -0.39 is 5.60 Å². The first-order chi connectivity index (χ1) is 19.6. The van der Waals surface area contributed by atoms with Gasteiger partial charge in [-0.1, -0.05) is 83.5 Å². The maximum absolute atomic E-state index is 8.83. The van der Waals surface area contributed by atoms with Gasteiger partial charge in [-0.05, 0) is 94.5 Å². The van der Waals surface area contributed by atoms with Gasteiger partial charge in [0, 0.05) is 34.6 Å². The van der Waals surface area contributed by atoms with Gasteiger partial charge in [0.15, 0.2) is 0 Å². The summed E-state index contributed by atoms with van der Waals surface area (Å²) in [6.07, 6.45) is 9.33. The van der Waals surface area contributed by atoms with Gasteiger partial charge >= 0.3 is 0 Å². The second kappa shape index (κ2) is 21.9. The van der Waals surface area contributed by atoms with Gasteiger partial charge in [0.1, 0.15) is 6.29 Å². The van der Waals surface area contributed by atoms with E-state index in [9.17, 15) is 0 Å². The molecular weight excluding hydrogens is 504 g/mol. The maximum Gasteiger partial charge on any atom is 0.116 e. The molecule has 2 aromatic carbocycles. The molecule has 1 aliphatic carbocycles. The fraction of sp³-hybridized carbons (Fsp3) is 0.568. The molecule has 1 saturated carbocycles. The Balaban J connectivity index is -0.000000556. The molecule has 4 rings (SSSR count). The van der Waals surface area contributed by atoms with Gasteiger partial charge in [0.05, 0.1) is 11.3 Å². The highest BCUT2D eigenvalue weighted by Crippen LogP contribution is 2.35. The third-order valence-electron chi connectivity index (χ3n) is 7.43. The Hall–Kier alpha value is -2.81. The topological polar surface area (TPSA) is 52.6 Å². The first kappa shape index (κ1) is 38.2. The van der Waals surface area contributed by atoms with Crippen LogP contribution in [0.15, 0.2) is 60.5 Å². The van der Waals surface area contributed by atoms with Crippen molar-refractivity contribution < 1.29 is 12.8 Å². The van der Waals surface area contributed by atoms with Crippen LogP contribution in [0.5, 0.6) is 0 Å². The molecule has 0 unspecified atom stereocenters. The SMILES string of the molecule is C=C=C1CCNc2ccc(CC)cc2CN1CC.CC.CC=O.CCC(C)(C)O.Cc1ccccc1C1CCCC1.[HH].[HH]. The van der Waals surface area contributed by atoms with Gasteiger partial charge in [0.25, 0.3) is 0 Å². The van der Waals surface area contributed by atoms with Gasteiger partial charge in [-0.15, -0.1) is 5.73 Å². The number of hydrogen-bond acceptors (Lipinski definition) is 4. The van der Waals surface area contributed by atoms with Crippen LogP contribution in [0.1, 0.15) is 125 Å². The molecule has 2 aromatic rings. The summed E-state index contributed by atoms with van der Waals surface area (Å²) in [5.41, 5.74) is 11.0. The molecule has 1 aliphatic heterocycles. The van der Waals surface area contributed by atoms with Crippen molar-refractivity contribution in [1.29, 1.82) is 0 Å².